The van der Waals surface area contributed by atoms with Crippen molar-refractivity contribution in [2.45, 2.75) is 25.8 Å². The quantitative estimate of drug-likeness (QED) is 0.896. The van der Waals surface area contributed by atoms with Crippen LogP contribution in [-0.2, 0) is 19.4 Å². The van der Waals surface area contributed by atoms with E-state index in [4.69, 9.17) is 0 Å². The molecule has 2 amide bonds. The van der Waals surface area contributed by atoms with Crippen LogP contribution in [0.5, 0.6) is 0 Å². The Hall–Kier alpha value is -2.77. The molecule has 8 heteroatoms. The number of aromatic nitrogens is 2. The van der Waals surface area contributed by atoms with Gasteiger partial charge in [0.25, 0.3) is 5.56 Å². The number of para-hydroxylation sites is 1. The van der Waals surface area contributed by atoms with Crippen molar-refractivity contribution in [2.75, 3.05) is 11.9 Å². The summed E-state index contributed by atoms with van der Waals surface area (Å²) in [6, 6.07) is 4.12. The lowest BCUT2D eigenvalue weighted by molar-refractivity contribution is 0.251. The summed E-state index contributed by atoms with van der Waals surface area (Å²) in [4.78, 5) is 23.6. The Morgan fingerprint density at radius 3 is 2.75 bits per heavy atom. The minimum absolute atomic E-state index is 0.105. The summed E-state index contributed by atoms with van der Waals surface area (Å²) >= 11 is 0. The lowest BCUT2D eigenvalue weighted by Crippen LogP contribution is -2.35. The number of hydrogen-bond acceptors (Lipinski definition) is 3. The van der Waals surface area contributed by atoms with E-state index in [-0.39, 0.29) is 18.6 Å². The summed E-state index contributed by atoms with van der Waals surface area (Å²) in [6.07, 6.45) is 2.70. The Morgan fingerprint density at radius 2 is 2.00 bits per heavy atom. The minimum atomic E-state index is -0.860. The van der Waals surface area contributed by atoms with Gasteiger partial charge < -0.3 is 10.6 Å². The lowest BCUT2D eigenvalue weighted by Gasteiger charge is -2.10. The molecule has 2 N–H and O–H groups in total. The van der Waals surface area contributed by atoms with Gasteiger partial charge in [0, 0.05) is 12.6 Å². The molecule has 24 heavy (non-hydrogen) atoms. The molecule has 1 heterocycles. The molecular formula is C16H16F2N4O2. The second kappa shape index (κ2) is 6.77. The molecule has 3 rings (SSSR count). The molecule has 2 aromatic rings. The van der Waals surface area contributed by atoms with Crippen LogP contribution in [0.1, 0.15) is 17.7 Å². The van der Waals surface area contributed by atoms with E-state index in [1.165, 1.54) is 10.7 Å². The number of amides is 2. The fourth-order valence-electron chi connectivity index (χ4n) is 2.65. The van der Waals surface area contributed by atoms with Gasteiger partial charge in [0.05, 0.1) is 12.2 Å². The van der Waals surface area contributed by atoms with Crippen LogP contribution in [0, 0.1) is 11.6 Å². The zero-order valence-electron chi connectivity index (χ0n) is 12.8. The number of rotatable bonds is 4. The summed E-state index contributed by atoms with van der Waals surface area (Å²) in [5, 5.41) is 8.83. The Morgan fingerprint density at radius 1 is 1.25 bits per heavy atom. The smallest absolute Gasteiger partial charge is 0.319 e. The van der Waals surface area contributed by atoms with E-state index in [9.17, 15) is 18.4 Å². The van der Waals surface area contributed by atoms with E-state index >= 15 is 0 Å². The fourth-order valence-corrected chi connectivity index (χ4v) is 2.65. The number of carbonyl (C=O) groups excluding carboxylic acids is 1. The SMILES string of the molecule is O=C(NCCn1nc2c(cc1=O)CCC2)Nc1c(F)cccc1F. The molecule has 0 fully saturated rings. The van der Waals surface area contributed by atoms with Crippen molar-refractivity contribution in [3.05, 3.63) is 57.5 Å². The van der Waals surface area contributed by atoms with Crippen molar-refractivity contribution < 1.29 is 13.6 Å². The van der Waals surface area contributed by atoms with Gasteiger partial charge in [-0.15, -0.1) is 0 Å². The molecule has 1 aromatic heterocycles. The van der Waals surface area contributed by atoms with Crippen molar-refractivity contribution in [3.8, 4) is 0 Å². The van der Waals surface area contributed by atoms with Crippen molar-refractivity contribution >= 4 is 11.7 Å². The van der Waals surface area contributed by atoms with Gasteiger partial charge in [-0.3, -0.25) is 4.79 Å². The minimum Gasteiger partial charge on any atom is -0.336 e. The van der Waals surface area contributed by atoms with Crippen LogP contribution < -0.4 is 16.2 Å². The predicted molar refractivity (Wildman–Crippen MR) is 83.9 cm³/mol. The summed E-state index contributed by atoms with van der Waals surface area (Å²) in [5.74, 6) is -1.72. The van der Waals surface area contributed by atoms with Crippen LogP contribution in [0.2, 0.25) is 0 Å². The van der Waals surface area contributed by atoms with Gasteiger partial charge in [0.1, 0.15) is 17.3 Å². The number of carbonyl (C=O) groups is 1. The first kappa shape index (κ1) is 16.1. The second-order valence-electron chi connectivity index (χ2n) is 5.51. The van der Waals surface area contributed by atoms with E-state index in [1.807, 2.05) is 0 Å². The number of nitrogens with zero attached hydrogens (tertiary/aromatic N) is 2. The molecule has 0 unspecified atom stereocenters. The number of halogens is 2. The predicted octanol–water partition coefficient (Wildman–Crippen LogP) is 1.83. The van der Waals surface area contributed by atoms with Gasteiger partial charge in [-0.25, -0.2) is 18.3 Å². The molecule has 0 saturated carbocycles. The molecule has 6 nitrogen and oxygen atoms in total. The van der Waals surface area contributed by atoms with Crippen molar-refractivity contribution in [1.29, 1.82) is 0 Å². The van der Waals surface area contributed by atoms with Gasteiger partial charge in [-0.05, 0) is 37.0 Å². The van der Waals surface area contributed by atoms with E-state index in [0.29, 0.717) is 0 Å². The number of benzene rings is 1. The molecule has 1 aliphatic rings. The third-order valence-corrected chi connectivity index (χ3v) is 3.83. The third-order valence-electron chi connectivity index (χ3n) is 3.83. The maximum atomic E-state index is 13.4. The van der Waals surface area contributed by atoms with Gasteiger partial charge in [-0.2, -0.15) is 5.10 Å². The highest BCUT2D eigenvalue weighted by atomic mass is 19.1. The van der Waals surface area contributed by atoms with Gasteiger partial charge in [0.2, 0.25) is 0 Å². The average molecular weight is 334 g/mol. The second-order valence-corrected chi connectivity index (χ2v) is 5.51. The van der Waals surface area contributed by atoms with Crippen LogP contribution in [-0.4, -0.2) is 22.4 Å². The lowest BCUT2D eigenvalue weighted by atomic mass is 10.2. The number of fused-ring (bicyclic) bond motifs is 1. The van der Waals surface area contributed by atoms with Crippen LogP contribution in [0.3, 0.4) is 0 Å². The Bertz CT molecular complexity index is 815. The largest absolute Gasteiger partial charge is 0.336 e. The van der Waals surface area contributed by atoms with Crippen LogP contribution in [0.4, 0.5) is 19.3 Å². The first-order valence-electron chi connectivity index (χ1n) is 7.63. The summed E-state index contributed by atoms with van der Waals surface area (Å²) in [6.45, 7) is 0.285. The van der Waals surface area contributed by atoms with E-state index in [0.717, 1.165) is 42.7 Å². The first-order chi connectivity index (χ1) is 11.5. The van der Waals surface area contributed by atoms with Gasteiger partial charge >= 0.3 is 6.03 Å². The molecule has 1 aromatic carbocycles. The number of nitrogens with one attached hydrogen (secondary N) is 2. The normalized spacial score (nSPS) is 12.8. The monoisotopic (exact) mass is 334 g/mol. The average Bonchev–Trinajstić information content (AvgIpc) is 2.98. The molecule has 126 valence electrons. The number of aryl methyl sites for hydroxylation is 2. The Kier molecular flexibility index (Phi) is 4.54. The zero-order chi connectivity index (χ0) is 17.1. The zero-order valence-corrected chi connectivity index (χ0v) is 12.8. The van der Waals surface area contributed by atoms with E-state index in [1.54, 1.807) is 6.07 Å². The molecular weight excluding hydrogens is 318 g/mol. The standard InChI is InChI=1S/C16H16F2N4O2/c17-11-4-2-5-12(18)15(11)20-16(24)19-7-8-22-14(23)9-10-3-1-6-13(10)21-22/h2,4-5,9H,1,3,6-8H2,(H2,19,20,24). The molecule has 0 saturated heterocycles. The molecule has 0 bridgehead atoms. The van der Waals surface area contributed by atoms with Crippen LogP contribution in [0.25, 0.3) is 0 Å². The van der Waals surface area contributed by atoms with E-state index in [2.05, 4.69) is 15.7 Å². The number of hydrogen-bond donors (Lipinski definition) is 2. The van der Waals surface area contributed by atoms with E-state index < -0.39 is 23.4 Å². The summed E-state index contributed by atoms with van der Waals surface area (Å²) < 4.78 is 28.2. The first-order valence-corrected chi connectivity index (χ1v) is 7.63. The summed E-state index contributed by atoms with van der Waals surface area (Å²) in [7, 11) is 0. The van der Waals surface area contributed by atoms with Crippen molar-refractivity contribution in [3.63, 3.8) is 0 Å². The van der Waals surface area contributed by atoms with Crippen LogP contribution in [0.15, 0.2) is 29.1 Å². The third kappa shape index (κ3) is 3.42. The molecule has 0 spiro atoms. The van der Waals surface area contributed by atoms with Crippen LogP contribution >= 0.6 is 0 Å². The number of anilines is 1. The Labute approximate surface area is 136 Å². The molecule has 0 atom stereocenters. The molecule has 0 radical (unpaired) electrons. The molecule has 0 aliphatic heterocycles. The molecule has 1 aliphatic carbocycles. The highest BCUT2D eigenvalue weighted by Crippen LogP contribution is 2.18. The van der Waals surface area contributed by atoms with Crippen molar-refractivity contribution in [2.24, 2.45) is 0 Å². The number of urea groups is 1. The van der Waals surface area contributed by atoms with Gasteiger partial charge in [-0.1, -0.05) is 6.07 Å². The van der Waals surface area contributed by atoms with Crippen molar-refractivity contribution in [1.82, 2.24) is 15.1 Å². The maximum absolute atomic E-state index is 13.4. The maximum Gasteiger partial charge on any atom is 0.319 e. The highest BCUT2D eigenvalue weighted by molar-refractivity contribution is 5.89. The Balaban J connectivity index is 1.57. The topological polar surface area (TPSA) is 76.0 Å². The highest BCUT2D eigenvalue weighted by Gasteiger charge is 2.15. The summed E-state index contributed by atoms with van der Waals surface area (Å²) in [5.41, 5.74) is 1.16. The fraction of sp³-hybridized carbons (Fsp3) is 0.312. The van der Waals surface area contributed by atoms with Gasteiger partial charge in [0.15, 0.2) is 0 Å².